The number of hydrogen-bond donors (Lipinski definition) is 1. The van der Waals surface area contributed by atoms with E-state index in [-0.39, 0.29) is 0 Å². The second-order valence-corrected chi connectivity index (χ2v) is 2.19. The summed E-state index contributed by atoms with van der Waals surface area (Å²) in [6.45, 7) is -0.441. The van der Waals surface area contributed by atoms with E-state index in [9.17, 15) is 22.0 Å². The molecule has 0 spiro atoms. The number of hydrogen-bond acceptors (Lipinski definition) is 1. The molecular weight excluding hydrogens is 169 g/mol. The minimum absolute atomic E-state index is 0.441. The van der Waals surface area contributed by atoms with Gasteiger partial charge in [0.1, 0.15) is 6.42 Å². The fraction of sp³-hybridized carbons (Fsp3) is 1.00. The van der Waals surface area contributed by atoms with Crippen molar-refractivity contribution in [1.82, 2.24) is 0 Å². The van der Waals surface area contributed by atoms with E-state index in [1.165, 1.54) is 0 Å². The molecule has 0 bridgehead atoms. The van der Waals surface area contributed by atoms with Gasteiger partial charge < -0.3 is 5.73 Å². The third-order valence-electron chi connectivity index (χ3n) is 0.969. The van der Waals surface area contributed by atoms with E-state index in [0.29, 0.717) is 0 Å². The van der Waals surface area contributed by atoms with Crippen LogP contribution in [0.25, 0.3) is 0 Å². The molecule has 0 radical (unpaired) electrons. The van der Waals surface area contributed by atoms with Gasteiger partial charge in [-0.15, -0.1) is 0 Å². The molecule has 0 saturated heterocycles. The molecule has 0 aliphatic heterocycles. The Labute approximate surface area is 60.4 Å². The van der Waals surface area contributed by atoms with Crippen molar-refractivity contribution in [1.29, 1.82) is 0 Å². The Bertz CT molecular complexity index is 119. The van der Waals surface area contributed by atoms with Crippen molar-refractivity contribution in [3.05, 3.63) is 0 Å². The molecule has 0 fully saturated rings. The molecule has 11 heavy (non-hydrogen) atoms. The first-order chi connectivity index (χ1) is 4.77. The van der Waals surface area contributed by atoms with Crippen molar-refractivity contribution in [3.63, 3.8) is 0 Å². The van der Waals surface area contributed by atoms with Gasteiger partial charge in [-0.2, -0.15) is 13.2 Å². The van der Waals surface area contributed by atoms with Gasteiger partial charge in [-0.1, -0.05) is 0 Å². The van der Waals surface area contributed by atoms with Crippen LogP contribution in [0, 0.1) is 0 Å². The topological polar surface area (TPSA) is 26.0 Å². The average molecular weight is 177 g/mol. The summed E-state index contributed by atoms with van der Waals surface area (Å²) >= 11 is 0. The van der Waals surface area contributed by atoms with Crippen molar-refractivity contribution < 1.29 is 22.0 Å². The number of nitrogens with two attached hydrogens (primary N) is 1. The summed E-state index contributed by atoms with van der Waals surface area (Å²) in [7, 11) is 0. The predicted molar refractivity (Wildman–Crippen MR) is 29.3 cm³/mol. The fourth-order valence-corrected chi connectivity index (χ4v) is 0.593. The molecule has 0 saturated carbocycles. The van der Waals surface area contributed by atoms with Crippen LogP contribution in [0.4, 0.5) is 22.0 Å². The van der Waals surface area contributed by atoms with Crippen LogP contribution in [-0.2, 0) is 0 Å². The highest BCUT2D eigenvalue weighted by Crippen LogP contribution is 2.33. The SMILES string of the molecule is NCCC(F)(F)CC(F)(F)F. The van der Waals surface area contributed by atoms with Gasteiger partial charge >= 0.3 is 6.18 Å². The van der Waals surface area contributed by atoms with Crippen LogP contribution in [-0.4, -0.2) is 18.6 Å². The Hall–Kier alpha value is -0.390. The maximum atomic E-state index is 12.1. The summed E-state index contributed by atoms with van der Waals surface area (Å²) in [6.07, 6.45) is -7.83. The van der Waals surface area contributed by atoms with Crippen LogP contribution in [0.1, 0.15) is 12.8 Å². The number of alkyl halides is 5. The van der Waals surface area contributed by atoms with Crippen LogP contribution in [0.3, 0.4) is 0 Å². The van der Waals surface area contributed by atoms with Crippen molar-refractivity contribution in [2.45, 2.75) is 24.9 Å². The van der Waals surface area contributed by atoms with Gasteiger partial charge in [-0.25, -0.2) is 8.78 Å². The summed E-state index contributed by atoms with van der Waals surface area (Å²) in [6, 6.07) is 0. The summed E-state index contributed by atoms with van der Waals surface area (Å²) in [4.78, 5) is 0. The smallest absolute Gasteiger partial charge is 0.330 e. The van der Waals surface area contributed by atoms with Gasteiger partial charge in [0.2, 0.25) is 0 Å². The first-order valence-corrected chi connectivity index (χ1v) is 2.91. The summed E-state index contributed by atoms with van der Waals surface area (Å²) in [5.74, 6) is -3.72. The van der Waals surface area contributed by atoms with Gasteiger partial charge in [0.15, 0.2) is 0 Å². The highest BCUT2D eigenvalue weighted by atomic mass is 19.4. The van der Waals surface area contributed by atoms with Crippen molar-refractivity contribution >= 4 is 0 Å². The van der Waals surface area contributed by atoms with Crippen LogP contribution in [0.2, 0.25) is 0 Å². The summed E-state index contributed by atoms with van der Waals surface area (Å²) in [5, 5.41) is 0. The summed E-state index contributed by atoms with van der Waals surface area (Å²) < 4.78 is 58.3. The second kappa shape index (κ2) is 3.34. The molecule has 0 heterocycles. The maximum Gasteiger partial charge on any atom is 0.394 e. The standard InChI is InChI=1S/C5H8F5N/c6-4(7,1-2-11)3-5(8,9)10/h1-3,11H2. The molecule has 0 aliphatic rings. The van der Waals surface area contributed by atoms with Gasteiger partial charge in [0.05, 0.1) is 0 Å². The quantitative estimate of drug-likeness (QED) is 0.655. The Morgan fingerprint density at radius 3 is 1.73 bits per heavy atom. The van der Waals surface area contributed by atoms with Crippen LogP contribution in [0.5, 0.6) is 0 Å². The molecular formula is C5H8F5N. The Morgan fingerprint density at radius 2 is 1.45 bits per heavy atom. The van der Waals surface area contributed by atoms with Gasteiger partial charge in [-0.3, -0.25) is 0 Å². The third-order valence-corrected chi connectivity index (χ3v) is 0.969. The lowest BCUT2D eigenvalue weighted by atomic mass is 10.1. The first kappa shape index (κ1) is 10.6. The molecule has 0 aromatic rings. The van der Waals surface area contributed by atoms with Gasteiger partial charge in [0.25, 0.3) is 5.92 Å². The molecule has 0 atom stereocenters. The molecule has 0 rings (SSSR count). The second-order valence-electron chi connectivity index (χ2n) is 2.19. The molecule has 6 heteroatoms. The van der Waals surface area contributed by atoms with E-state index >= 15 is 0 Å². The Morgan fingerprint density at radius 1 is 1.00 bits per heavy atom. The van der Waals surface area contributed by atoms with E-state index in [1.807, 2.05) is 0 Å². The largest absolute Gasteiger partial charge is 0.394 e. The number of halogens is 5. The molecule has 0 aromatic heterocycles. The zero-order valence-corrected chi connectivity index (χ0v) is 5.59. The van der Waals surface area contributed by atoms with Crippen LogP contribution < -0.4 is 5.73 Å². The Balaban J connectivity index is 3.91. The maximum absolute atomic E-state index is 12.1. The zero-order valence-electron chi connectivity index (χ0n) is 5.59. The highest BCUT2D eigenvalue weighted by Gasteiger charge is 2.42. The van der Waals surface area contributed by atoms with Crippen molar-refractivity contribution in [2.75, 3.05) is 6.54 Å². The van der Waals surface area contributed by atoms with Gasteiger partial charge in [0, 0.05) is 6.42 Å². The fourth-order valence-electron chi connectivity index (χ4n) is 0.593. The molecule has 68 valence electrons. The molecule has 0 aliphatic carbocycles. The lowest BCUT2D eigenvalue weighted by Gasteiger charge is -2.16. The van der Waals surface area contributed by atoms with E-state index in [0.717, 1.165) is 0 Å². The average Bonchev–Trinajstić information content (AvgIpc) is 1.55. The van der Waals surface area contributed by atoms with E-state index in [1.54, 1.807) is 0 Å². The molecule has 2 N–H and O–H groups in total. The van der Waals surface area contributed by atoms with Gasteiger partial charge in [-0.05, 0) is 6.54 Å². The monoisotopic (exact) mass is 177 g/mol. The molecule has 1 nitrogen and oxygen atoms in total. The zero-order chi connectivity index (χ0) is 9.12. The normalized spacial score (nSPS) is 13.6. The third kappa shape index (κ3) is 6.03. The minimum Gasteiger partial charge on any atom is -0.330 e. The lowest BCUT2D eigenvalue weighted by molar-refractivity contribution is -0.188. The lowest BCUT2D eigenvalue weighted by Crippen LogP contribution is -2.28. The number of rotatable bonds is 3. The molecule has 0 unspecified atom stereocenters. The van der Waals surface area contributed by atoms with Crippen LogP contribution in [0.15, 0.2) is 0 Å². The van der Waals surface area contributed by atoms with E-state index in [4.69, 9.17) is 0 Å². The van der Waals surface area contributed by atoms with E-state index < -0.39 is 31.5 Å². The van der Waals surface area contributed by atoms with E-state index in [2.05, 4.69) is 5.73 Å². The highest BCUT2D eigenvalue weighted by molar-refractivity contribution is 4.70. The first-order valence-electron chi connectivity index (χ1n) is 2.91. The Kier molecular flexibility index (Phi) is 3.22. The summed E-state index contributed by atoms with van der Waals surface area (Å²) in [5.41, 5.74) is 4.69. The molecule has 0 amide bonds. The van der Waals surface area contributed by atoms with Crippen LogP contribution >= 0.6 is 0 Å². The minimum atomic E-state index is -4.82. The van der Waals surface area contributed by atoms with Crippen molar-refractivity contribution in [2.24, 2.45) is 5.73 Å². The molecule has 0 aromatic carbocycles. The predicted octanol–water partition coefficient (Wildman–Crippen LogP) is 1.92. The van der Waals surface area contributed by atoms with Crippen molar-refractivity contribution in [3.8, 4) is 0 Å².